The average Bonchev–Trinajstić information content (AvgIpc) is 3.52. The Kier molecular flexibility index (Phi) is 19.5. The van der Waals surface area contributed by atoms with Crippen molar-refractivity contribution in [2.45, 2.75) is 141 Å². The fourth-order valence-corrected chi connectivity index (χ4v) is 6.72. The molecule has 1 aliphatic heterocycles. The third-order valence-corrected chi connectivity index (χ3v) is 9.65. The van der Waals surface area contributed by atoms with E-state index in [9.17, 15) is 14.3 Å². The summed E-state index contributed by atoms with van der Waals surface area (Å²) in [5, 5.41) is 3.88. The van der Waals surface area contributed by atoms with E-state index in [-0.39, 0.29) is 32.0 Å². The predicted molar refractivity (Wildman–Crippen MR) is 180 cm³/mol. The van der Waals surface area contributed by atoms with Gasteiger partial charge in [-0.05, 0) is 31.4 Å². The van der Waals surface area contributed by atoms with Gasteiger partial charge in [0.2, 0.25) is 5.52 Å². The summed E-state index contributed by atoms with van der Waals surface area (Å²) in [6.07, 6.45) is 23.2. The number of pyridine rings is 1. The predicted octanol–water partition coefficient (Wildman–Crippen LogP) is 8.16. The van der Waals surface area contributed by atoms with Crippen LogP contribution in [0, 0.1) is 0 Å². The normalized spacial score (nSPS) is 17.7. The van der Waals surface area contributed by atoms with Crippen molar-refractivity contribution >= 4 is 24.8 Å². The number of phosphoric acid groups is 1. The van der Waals surface area contributed by atoms with E-state index in [0.717, 1.165) is 23.7 Å². The second kappa shape index (κ2) is 23.3. The molecule has 10 heteroatoms. The monoisotopic (exact) mass is 662 g/mol. The van der Waals surface area contributed by atoms with E-state index in [1.165, 1.54) is 89.9 Å². The molecule has 0 bridgehead atoms. The number of unbranched alkanes of at least 4 members (excludes halogenated alkanes) is 15. The third kappa shape index (κ3) is 16.7. The zero-order valence-corrected chi connectivity index (χ0v) is 29.1. The molecular weight excluding hydrogens is 603 g/mol. The molecule has 2 heterocycles. The highest BCUT2D eigenvalue weighted by Crippen LogP contribution is 2.39. The minimum atomic E-state index is -4.47. The van der Waals surface area contributed by atoms with E-state index in [1.54, 1.807) is 0 Å². The van der Waals surface area contributed by atoms with Crippen molar-refractivity contribution in [3.8, 4) is 0 Å². The van der Waals surface area contributed by atoms with Crippen LogP contribution < -0.4 is 14.8 Å². The smallest absolute Gasteiger partial charge is 0.407 e. The van der Waals surface area contributed by atoms with Crippen LogP contribution in [0.5, 0.6) is 0 Å². The standard InChI is InChI=1S/C36H59N2O7P/c1-2-3-4-5-6-7-8-9-10-11-12-13-14-15-16-19-26-37-36(39)42-30-33-24-25-34(45-33)31-44-46(40,41)43-29-28-38-27-20-22-32-21-17-18-23-35(32)38/h17-18,20-23,27,33-34H,2-16,19,24-26,28-31H2,1H3,(H-,37,39,40,41). The Hall–Kier alpha value is -2.03. The van der Waals surface area contributed by atoms with Gasteiger partial charge in [0.25, 0.3) is 7.82 Å². The van der Waals surface area contributed by atoms with Crippen LogP contribution in [-0.4, -0.2) is 44.7 Å². The van der Waals surface area contributed by atoms with Crippen LogP contribution in [0.1, 0.15) is 122 Å². The molecule has 3 rings (SSSR count). The van der Waals surface area contributed by atoms with Gasteiger partial charge in [0.15, 0.2) is 12.7 Å². The van der Waals surface area contributed by atoms with E-state index in [2.05, 4.69) is 12.2 Å². The second-order valence-corrected chi connectivity index (χ2v) is 14.0. The molecule has 0 radical (unpaired) electrons. The number of aromatic nitrogens is 1. The van der Waals surface area contributed by atoms with Gasteiger partial charge in [-0.2, -0.15) is 4.57 Å². The summed E-state index contributed by atoms with van der Waals surface area (Å²) in [5.41, 5.74) is 0.997. The molecule has 1 saturated heterocycles. The summed E-state index contributed by atoms with van der Waals surface area (Å²) in [6, 6.07) is 11.8. The average molecular weight is 663 g/mol. The van der Waals surface area contributed by atoms with Crippen LogP contribution in [-0.2, 0) is 29.6 Å². The Morgan fingerprint density at radius 3 is 2.04 bits per heavy atom. The quantitative estimate of drug-likeness (QED) is 0.0615. The number of amides is 1. The molecule has 0 saturated carbocycles. The SMILES string of the molecule is CCCCCCCCCCCCCCCCCCNC(=O)OCC1CCC(COP(=O)([O-])OCC[n+]2cccc3ccccc32)O1. The van der Waals surface area contributed by atoms with Crippen molar-refractivity contribution in [3.05, 3.63) is 42.6 Å². The number of carbonyl (C=O) groups is 1. The summed E-state index contributed by atoms with van der Waals surface area (Å²) >= 11 is 0. The Morgan fingerprint density at radius 1 is 0.826 bits per heavy atom. The molecule has 3 atom stereocenters. The number of nitrogens with zero attached hydrogens (tertiary/aromatic N) is 1. The molecule has 1 N–H and O–H groups in total. The molecule has 3 unspecified atom stereocenters. The number of carbonyl (C=O) groups excluding carboxylic acids is 1. The van der Waals surface area contributed by atoms with Gasteiger partial charge >= 0.3 is 6.09 Å². The number of para-hydroxylation sites is 1. The molecule has 0 spiro atoms. The molecule has 260 valence electrons. The molecule has 0 aliphatic carbocycles. The molecule has 1 aliphatic rings. The largest absolute Gasteiger partial charge is 0.756 e. The highest BCUT2D eigenvalue weighted by molar-refractivity contribution is 7.45. The van der Waals surface area contributed by atoms with Crippen LogP contribution >= 0.6 is 7.82 Å². The van der Waals surface area contributed by atoms with Gasteiger partial charge in [0, 0.05) is 24.1 Å². The van der Waals surface area contributed by atoms with Gasteiger partial charge in [-0.1, -0.05) is 115 Å². The number of nitrogens with one attached hydrogen (secondary N) is 1. The number of hydrogen-bond acceptors (Lipinski definition) is 7. The number of phosphoric ester groups is 1. The van der Waals surface area contributed by atoms with Crippen molar-refractivity contribution in [1.29, 1.82) is 0 Å². The molecule has 1 aromatic carbocycles. The maximum Gasteiger partial charge on any atom is 0.407 e. The molecule has 1 aromatic heterocycles. The van der Waals surface area contributed by atoms with Crippen LogP contribution in [0.2, 0.25) is 0 Å². The van der Waals surface area contributed by atoms with E-state index in [0.29, 0.717) is 25.9 Å². The molecule has 1 fully saturated rings. The first-order chi connectivity index (χ1) is 22.5. The maximum absolute atomic E-state index is 12.3. The number of rotatable bonds is 26. The Balaban J connectivity index is 1.11. The number of hydrogen-bond donors (Lipinski definition) is 1. The van der Waals surface area contributed by atoms with Gasteiger partial charge in [0.1, 0.15) is 13.2 Å². The number of fused-ring (bicyclic) bond motifs is 1. The summed E-state index contributed by atoms with van der Waals surface area (Å²) in [4.78, 5) is 24.3. The first-order valence-electron chi connectivity index (χ1n) is 18.0. The van der Waals surface area contributed by atoms with Crippen molar-refractivity contribution in [2.75, 3.05) is 26.4 Å². The minimum absolute atomic E-state index is 0.0318. The lowest BCUT2D eigenvalue weighted by atomic mass is 10.0. The first-order valence-corrected chi connectivity index (χ1v) is 19.5. The molecule has 9 nitrogen and oxygen atoms in total. The third-order valence-electron chi connectivity index (χ3n) is 8.68. The van der Waals surface area contributed by atoms with E-state index in [1.807, 2.05) is 47.2 Å². The minimum Gasteiger partial charge on any atom is -0.756 e. The zero-order chi connectivity index (χ0) is 32.7. The van der Waals surface area contributed by atoms with E-state index >= 15 is 0 Å². The second-order valence-electron chi connectivity index (χ2n) is 12.6. The highest BCUT2D eigenvalue weighted by atomic mass is 31.2. The fourth-order valence-electron chi connectivity index (χ4n) is 5.99. The van der Waals surface area contributed by atoms with Gasteiger partial charge in [-0.25, -0.2) is 4.79 Å². The van der Waals surface area contributed by atoms with Crippen LogP contribution in [0.4, 0.5) is 4.79 Å². The Morgan fingerprint density at radius 2 is 1.39 bits per heavy atom. The summed E-state index contributed by atoms with van der Waals surface area (Å²) in [6.45, 7) is 3.23. The Bertz CT molecular complexity index is 1150. The van der Waals surface area contributed by atoms with Crippen LogP contribution in [0.15, 0.2) is 42.6 Å². The van der Waals surface area contributed by atoms with Gasteiger partial charge in [-0.3, -0.25) is 4.57 Å². The van der Waals surface area contributed by atoms with E-state index in [4.69, 9.17) is 18.5 Å². The van der Waals surface area contributed by atoms with Gasteiger partial charge in [-0.15, -0.1) is 0 Å². The Labute approximate surface area is 277 Å². The fraction of sp³-hybridized carbons (Fsp3) is 0.722. The molecule has 1 amide bonds. The van der Waals surface area contributed by atoms with Crippen LogP contribution in [0.25, 0.3) is 10.9 Å². The lowest BCUT2D eigenvalue weighted by Gasteiger charge is -2.24. The number of benzene rings is 1. The topological polar surface area (TPSA) is 110 Å². The van der Waals surface area contributed by atoms with Crippen molar-refractivity contribution in [1.82, 2.24) is 5.32 Å². The lowest BCUT2D eigenvalue weighted by Crippen LogP contribution is -2.36. The highest BCUT2D eigenvalue weighted by Gasteiger charge is 2.28. The number of alkyl carbamates (subject to hydrolysis) is 1. The zero-order valence-electron chi connectivity index (χ0n) is 28.2. The summed E-state index contributed by atoms with van der Waals surface area (Å²) in [7, 11) is -4.47. The first kappa shape index (κ1) is 38.4. The molecule has 2 aromatic rings. The van der Waals surface area contributed by atoms with Gasteiger partial charge < -0.3 is 28.7 Å². The van der Waals surface area contributed by atoms with E-state index < -0.39 is 13.9 Å². The van der Waals surface area contributed by atoms with Crippen molar-refractivity contribution in [3.63, 3.8) is 0 Å². The lowest BCUT2D eigenvalue weighted by molar-refractivity contribution is -0.672. The molecular formula is C36H59N2O7P. The van der Waals surface area contributed by atoms with Crippen LogP contribution in [0.3, 0.4) is 0 Å². The van der Waals surface area contributed by atoms with Crippen molar-refractivity contribution < 1.29 is 37.3 Å². The molecule has 46 heavy (non-hydrogen) atoms. The van der Waals surface area contributed by atoms with Gasteiger partial charge in [0.05, 0.1) is 18.8 Å². The van der Waals surface area contributed by atoms with Crippen molar-refractivity contribution in [2.24, 2.45) is 0 Å². The summed E-state index contributed by atoms with van der Waals surface area (Å²) < 4.78 is 35.5. The maximum atomic E-state index is 12.3. The number of ether oxygens (including phenoxy) is 2. The summed E-state index contributed by atoms with van der Waals surface area (Å²) in [5.74, 6) is 0.